The molecule has 2 aromatic rings. The number of thiophene rings is 1. The van der Waals surface area contributed by atoms with Gasteiger partial charge in [0.25, 0.3) is 5.91 Å². The minimum Gasteiger partial charge on any atom is -0.346 e. The summed E-state index contributed by atoms with van der Waals surface area (Å²) < 4.78 is 24.3. The van der Waals surface area contributed by atoms with Crippen LogP contribution in [-0.4, -0.2) is 50.2 Å². The van der Waals surface area contributed by atoms with Crippen molar-refractivity contribution in [2.24, 2.45) is 5.92 Å². The molecule has 0 radical (unpaired) electrons. The molecule has 3 aliphatic heterocycles. The minimum atomic E-state index is -3.24. The predicted molar refractivity (Wildman–Crippen MR) is 102 cm³/mol. The van der Waals surface area contributed by atoms with E-state index in [2.05, 4.69) is 10.2 Å². The molecule has 1 aromatic heterocycles. The molecule has 1 spiro atoms. The summed E-state index contributed by atoms with van der Waals surface area (Å²) >= 11 is 1.37. The van der Waals surface area contributed by atoms with E-state index >= 15 is 0 Å². The van der Waals surface area contributed by atoms with Crippen LogP contribution in [0.3, 0.4) is 0 Å². The first-order chi connectivity index (χ1) is 12.4. The number of rotatable bonds is 3. The maximum atomic E-state index is 12.9. The van der Waals surface area contributed by atoms with Gasteiger partial charge in [-0.1, -0.05) is 6.07 Å². The number of hydrogen-bond acceptors (Lipinski definition) is 5. The van der Waals surface area contributed by atoms with E-state index in [-0.39, 0.29) is 17.5 Å². The Morgan fingerprint density at radius 3 is 2.62 bits per heavy atom. The Morgan fingerprint density at radius 1 is 1.23 bits per heavy atom. The molecule has 1 saturated carbocycles. The summed E-state index contributed by atoms with van der Waals surface area (Å²) in [6.07, 6.45) is 5.95. The second-order valence-electron chi connectivity index (χ2n) is 7.96. The Labute approximate surface area is 157 Å². The van der Waals surface area contributed by atoms with E-state index in [1.54, 1.807) is 18.2 Å². The number of piperidine rings is 3. The number of hydrogen-bond donors (Lipinski definition) is 1. The van der Waals surface area contributed by atoms with Crippen molar-refractivity contribution in [3.05, 3.63) is 29.1 Å². The summed E-state index contributed by atoms with van der Waals surface area (Å²) in [7, 11) is -3.24. The Hall–Kier alpha value is -1.44. The molecule has 1 aliphatic carbocycles. The monoisotopic (exact) mass is 390 g/mol. The molecule has 4 aliphatic rings. The number of nitrogens with zero attached hydrogens (tertiary/aromatic N) is 1. The Balaban J connectivity index is 1.42. The zero-order valence-corrected chi connectivity index (χ0v) is 16.3. The Morgan fingerprint density at radius 2 is 1.96 bits per heavy atom. The van der Waals surface area contributed by atoms with Crippen LogP contribution in [0.1, 0.15) is 35.4 Å². The number of amides is 1. The van der Waals surface area contributed by atoms with Crippen LogP contribution in [0.4, 0.5) is 0 Å². The fourth-order valence-electron chi connectivity index (χ4n) is 4.89. The molecular formula is C19H22N2O3S2. The van der Waals surface area contributed by atoms with Gasteiger partial charge in [-0.05, 0) is 68.3 Å². The lowest BCUT2D eigenvalue weighted by Crippen LogP contribution is -2.65. The van der Waals surface area contributed by atoms with Crippen LogP contribution in [0.5, 0.6) is 0 Å². The summed E-state index contributed by atoms with van der Waals surface area (Å²) in [5, 5.41) is 4.26. The van der Waals surface area contributed by atoms with Crippen molar-refractivity contribution in [1.29, 1.82) is 0 Å². The van der Waals surface area contributed by atoms with Gasteiger partial charge < -0.3 is 5.32 Å². The van der Waals surface area contributed by atoms with E-state index in [4.69, 9.17) is 0 Å². The van der Waals surface area contributed by atoms with Crippen LogP contribution in [-0.2, 0) is 9.84 Å². The molecule has 1 unspecified atom stereocenters. The first kappa shape index (κ1) is 16.7. The fraction of sp³-hybridized carbons (Fsp3) is 0.526. The SMILES string of the molecule is CS(=O)(=O)c1ccc2cc(C(=O)NC3C4CCN(CC4)C34CC4)sc2c1. The number of carbonyl (C=O) groups excluding carboxylic acids is 1. The Kier molecular flexibility index (Phi) is 3.56. The second kappa shape index (κ2) is 5.53. The second-order valence-corrected chi connectivity index (χ2v) is 11.1. The highest BCUT2D eigenvalue weighted by Crippen LogP contribution is 2.53. The largest absolute Gasteiger partial charge is 0.346 e. The topological polar surface area (TPSA) is 66.5 Å². The minimum absolute atomic E-state index is 0.0165. The van der Waals surface area contributed by atoms with Gasteiger partial charge in [0.2, 0.25) is 0 Å². The molecule has 7 heteroatoms. The zero-order valence-electron chi connectivity index (χ0n) is 14.7. The number of carbonyl (C=O) groups is 1. The average molecular weight is 391 g/mol. The number of fused-ring (bicyclic) bond motifs is 3. The maximum absolute atomic E-state index is 12.9. The van der Waals surface area contributed by atoms with Gasteiger partial charge in [0.05, 0.1) is 15.8 Å². The lowest BCUT2D eigenvalue weighted by atomic mass is 9.77. The van der Waals surface area contributed by atoms with Crippen molar-refractivity contribution >= 4 is 37.2 Å². The number of sulfone groups is 1. The van der Waals surface area contributed by atoms with Gasteiger partial charge in [0.1, 0.15) is 0 Å². The summed E-state index contributed by atoms with van der Waals surface area (Å²) in [5.41, 5.74) is 0.219. The molecule has 1 N–H and O–H groups in total. The van der Waals surface area contributed by atoms with E-state index in [0.717, 1.165) is 10.1 Å². The van der Waals surface area contributed by atoms with Gasteiger partial charge in [-0.2, -0.15) is 0 Å². The molecule has 1 atom stereocenters. The highest BCUT2D eigenvalue weighted by Gasteiger charge is 2.60. The molecule has 138 valence electrons. The molecule has 4 fully saturated rings. The van der Waals surface area contributed by atoms with Crippen LogP contribution in [0.15, 0.2) is 29.2 Å². The zero-order chi connectivity index (χ0) is 18.1. The summed E-state index contributed by atoms with van der Waals surface area (Å²) in [5.74, 6) is 0.579. The summed E-state index contributed by atoms with van der Waals surface area (Å²) in [6.45, 7) is 2.35. The average Bonchev–Trinajstić information content (AvgIpc) is 3.26. The van der Waals surface area contributed by atoms with Crippen LogP contribution < -0.4 is 5.32 Å². The molecule has 4 heterocycles. The lowest BCUT2D eigenvalue weighted by molar-refractivity contribution is -0.00138. The van der Waals surface area contributed by atoms with E-state index in [0.29, 0.717) is 15.7 Å². The van der Waals surface area contributed by atoms with E-state index in [9.17, 15) is 13.2 Å². The van der Waals surface area contributed by atoms with Crippen molar-refractivity contribution in [3.8, 4) is 0 Å². The molecule has 26 heavy (non-hydrogen) atoms. The van der Waals surface area contributed by atoms with Crippen molar-refractivity contribution in [2.75, 3.05) is 19.3 Å². The molecule has 5 nitrogen and oxygen atoms in total. The van der Waals surface area contributed by atoms with Gasteiger partial charge >= 0.3 is 0 Å². The maximum Gasteiger partial charge on any atom is 0.261 e. The van der Waals surface area contributed by atoms with Crippen LogP contribution in [0.2, 0.25) is 0 Å². The predicted octanol–water partition coefficient (Wildman–Crippen LogP) is 2.66. The molecule has 6 rings (SSSR count). The van der Waals surface area contributed by atoms with E-state index in [1.807, 2.05) is 6.07 Å². The van der Waals surface area contributed by atoms with Gasteiger partial charge in [0.15, 0.2) is 9.84 Å². The molecular weight excluding hydrogens is 368 g/mol. The first-order valence-corrected chi connectivity index (χ1v) is 11.9. The molecule has 1 amide bonds. The van der Waals surface area contributed by atoms with Crippen LogP contribution in [0, 0.1) is 5.92 Å². The summed E-state index contributed by atoms with van der Waals surface area (Å²) in [4.78, 5) is 16.5. The van der Waals surface area contributed by atoms with E-state index in [1.165, 1.54) is 56.4 Å². The third-order valence-electron chi connectivity index (χ3n) is 6.41. The van der Waals surface area contributed by atoms with Crippen molar-refractivity contribution in [3.63, 3.8) is 0 Å². The molecule has 1 aromatic carbocycles. The summed E-state index contributed by atoms with van der Waals surface area (Å²) in [6, 6.07) is 7.20. The standard InChI is InChI=1S/C19H22N2O3S2/c1-26(23,24)14-3-2-13-10-16(25-15(13)11-14)18(22)20-17-12-4-8-21(9-5-12)19(17)6-7-19/h2-3,10-12,17H,4-9H2,1H3,(H,20,22). The third kappa shape index (κ3) is 2.52. The van der Waals surface area contributed by atoms with Crippen molar-refractivity contribution < 1.29 is 13.2 Å². The van der Waals surface area contributed by atoms with Gasteiger partial charge in [-0.15, -0.1) is 11.3 Å². The normalized spacial score (nSPS) is 29.2. The van der Waals surface area contributed by atoms with Gasteiger partial charge in [-0.25, -0.2) is 8.42 Å². The van der Waals surface area contributed by atoms with Crippen LogP contribution >= 0.6 is 11.3 Å². The highest BCUT2D eigenvalue weighted by atomic mass is 32.2. The third-order valence-corrected chi connectivity index (χ3v) is 8.62. The van der Waals surface area contributed by atoms with Crippen LogP contribution in [0.25, 0.3) is 10.1 Å². The first-order valence-electron chi connectivity index (χ1n) is 9.16. The molecule has 3 saturated heterocycles. The van der Waals surface area contributed by atoms with E-state index < -0.39 is 9.84 Å². The quantitative estimate of drug-likeness (QED) is 0.875. The highest BCUT2D eigenvalue weighted by molar-refractivity contribution is 7.90. The number of benzene rings is 1. The number of nitrogens with one attached hydrogen (secondary N) is 1. The smallest absolute Gasteiger partial charge is 0.261 e. The fourth-order valence-corrected chi connectivity index (χ4v) is 6.61. The van der Waals surface area contributed by atoms with Gasteiger partial charge in [-0.3, -0.25) is 9.69 Å². The molecule has 2 bridgehead atoms. The van der Waals surface area contributed by atoms with Gasteiger partial charge in [0, 0.05) is 16.5 Å². The van der Waals surface area contributed by atoms with Crippen molar-refractivity contribution in [2.45, 2.75) is 42.2 Å². The Bertz CT molecular complexity index is 999. The lowest BCUT2D eigenvalue weighted by Gasteiger charge is -2.52. The van der Waals surface area contributed by atoms with Crippen molar-refractivity contribution in [1.82, 2.24) is 10.2 Å².